The molecule has 0 radical (unpaired) electrons. The summed E-state index contributed by atoms with van der Waals surface area (Å²) in [6.07, 6.45) is 5.21. The van der Waals surface area contributed by atoms with Crippen LogP contribution in [0.4, 0.5) is 0 Å². The minimum atomic E-state index is 0.308. The lowest BCUT2D eigenvalue weighted by Crippen LogP contribution is -2.05. The lowest BCUT2D eigenvalue weighted by Gasteiger charge is -2.04. The predicted octanol–water partition coefficient (Wildman–Crippen LogP) is 1.89. The summed E-state index contributed by atoms with van der Waals surface area (Å²) in [6, 6.07) is 3.63. The molecular formula is C13H19N3O. The summed E-state index contributed by atoms with van der Waals surface area (Å²) < 4.78 is 5.02. The van der Waals surface area contributed by atoms with E-state index in [0.29, 0.717) is 23.1 Å². The minimum Gasteiger partial charge on any atom is -0.495 e. The van der Waals surface area contributed by atoms with Crippen LogP contribution in [-0.4, -0.2) is 12.1 Å². The maximum absolute atomic E-state index is 5.89. The standard InChI is InChI=1S/C13H19N3O/c1-9(2)11(14)5-6-12(15)13-7-4-10(17-3)8-16-13/h4-9H,14-15H2,1-3H3/b11-5-,12-6-. The van der Waals surface area contributed by atoms with Crippen molar-refractivity contribution in [2.75, 3.05) is 7.11 Å². The molecule has 0 unspecified atom stereocenters. The largest absolute Gasteiger partial charge is 0.495 e. The molecule has 0 saturated heterocycles. The molecule has 0 aliphatic heterocycles. The van der Waals surface area contributed by atoms with E-state index in [9.17, 15) is 0 Å². The lowest BCUT2D eigenvalue weighted by molar-refractivity contribution is 0.413. The minimum absolute atomic E-state index is 0.308. The van der Waals surface area contributed by atoms with Crippen LogP contribution < -0.4 is 16.2 Å². The summed E-state index contributed by atoms with van der Waals surface area (Å²) in [5.41, 5.74) is 13.8. The number of nitrogens with two attached hydrogens (primary N) is 2. The fraction of sp³-hybridized carbons (Fsp3) is 0.308. The summed E-state index contributed by atoms with van der Waals surface area (Å²) in [6.45, 7) is 4.06. The molecule has 0 saturated carbocycles. The molecule has 0 aliphatic rings. The number of hydrogen-bond acceptors (Lipinski definition) is 4. The Morgan fingerprint density at radius 1 is 1.29 bits per heavy atom. The van der Waals surface area contributed by atoms with E-state index in [-0.39, 0.29) is 0 Å². The van der Waals surface area contributed by atoms with E-state index >= 15 is 0 Å². The first-order valence-corrected chi connectivity index (χ1v) is 5.47. The van der Waals surface area contributed by atoms with Gasteiger partial charge < -0.3 is 16.2 Å². The molecule has 1 heterocycles. The fourth-order valence-electron chi connectivity index (χ4n) is 1.14. The van der Waals surface area contributed by atoms with E-state index in [1.54, 1.807) is 19.4 Å². The van der Waals surface area contributed by atoms with Crippen molar-refractivity contribution in [2.45, 2.75) is 13.8 Å². The smallest absolute Gasteiger partial charge is 0.137 e. The monoisotopic (exact) mass is 233 g/mol. The summed E-state index contributed by atoms with van der Waals surface area (Å²) in [5.74, 6) is 1.02. The van der Waals surface area contributed by atoms with Gasteiger partial charge in [0, 0.05) is 5.70 Å². The summed E-state index contributed by atoms with van der Waals surface area (Å²) in [5, 5.41) is 0. The second-order valence-electron chi connectivity index (χ2n) is 4.03. The molecule has 0 bridgehead atoms. The van der Waals surface area contributed by atoms with Crippen LogP contribution in [0.2, 0.25) is 0 Å². The fourth-order valence-corrected chi connectivity index (χ4v) is 1.14. The zero-order chi connectivity index (χ0) is 12.8. The Bertz CT molecular complexity index is 419. The second kappa shape index (κ2) is 5.94. The number of pyridine rings is 1. The molecule has 0 aromatic carbocycles. The molecule has 0 amide bonds. The molecule has 4 N–H and O–H groups in total. The molecule has 4 nitrogen and oxygen atoms in total. The summed E-state index contributed by atoms with van der Waals surface area (Å²) in [4.78, 5) is 4.18. The van der Waals surface area contributed by atoms with Crippen LogP contribution in [0.25, 0.3) is 5.70 Å². The highest BCUT2D eigenvalue weighted by Gasteiger charge is 1.99. The zero-order valence-electron chi connectivity index (χ0n) is 10.5. The van der Waals surface area contributed by atoms with E-state index in [1.165, 1.54) is 0 Å². The highest BCUT2D eigenvalue weighted by Crippen LogP contribution is 2.12. The maximum atomic E-state index is 5.89. The van der Waals surface area contributed by atoms with Crippen molar-refractivity contribution < 1.29 is 4.74 Å². The number of aromatic nitrogens is 1. The SMILES string of the molecule is COc1ccc(/C(N)=C/C=C(\N)C(C)C)nc1. The number of allylic oxidation sites excluding steroid dienone is 3. The van der Waals surface area contributed by atoms with Gasteiger partial charge in [0.25, 0.3) is 0 Å². The Labute approximate surface area is 102 Å². The number of ether oxygens (including phenoxy) is 1. The summed E-state index contributed by atoms with van der Waals surface area (Å²) in [7, 11) is 1.60. The molecule has 0 fully saturated rings. The van der Waals surface area contributed by atoms with E-state index < -0.39 is 0 Å². The molecular weight excluding hydrogens is 214 g/mol. The third-order valence-corrected chi connectivity index (χ3v) is 2.39. The second-order valence-corrected chi connectivity index (χ2v) is 4.03. The van der Waals surface area contributed by atoms with Gasteiger partial charge in [-0.1, -0.05) is 13.8 Å². The van der Waals surface area contributed by atoms with Gasteiger partial charge >= 0.3 is 0 Å². The van der Waals surface area contributed by atoms with Crippen LogP contribution in [0.3, 0.4) is 0 Å². The lowest BCUT2D eigenvalue weighted by atomic mass is 10.1. The van der Waals surface area contributed by atoms with Gasteiger partial charge in [-0.15, -0.1) is 0 Å². The zero-order valence-corrected chi connectivity index (χ0v) is 10.5. The highest BCUT2D eigenvalue weighted by molar-refractivity contribution is 5.61. The average molecular weight is 233 g/mol. The number of hydrogen-bond donors (Lipinski definition) is 2. The van der Waals surface area contributed by atoms with E-state index in [0.717, 1.165) is 5.70 Å². The van der Waals surface area contributed by atoms with Gasteiger partial charge in [-0.3, -0.25) is 4.98 Å². The Morgan fingerprint density at radius 2 is 2.00 bits per heavy atom. The van der Waals surface area contributed by atoms with E-state index in [4.69, 9.17) is 16.2 Å². The van der Waals surface area contributed by atoms with Gasteiger partial charge in [-0.25, -0.2) is 0 Å². The van der Waals surface area contributed by atoms with Crippen molar-refractivity contribution in [3.63, 3.8) is 0 Å². The number of nitrogens with zero attached hydrogens (tertiary/aromatic N) is 1. The molecule has 1 aromatic heterocycles. The first-order valence-electron chi connectivity index (χ1n) is 5.47. The average Bonchev–Trinajstić information content (AvgIpc) is 2.35. The molecule has 0 aliphatic carbocycles. The quantitative estimate of drug-likeness (QED) is 0.779. The van der Waals surface area contributed by atoms with Crippen LogP contribution in [-0.2, 0) is 0 Å². The van der Waals surface area contributed by atoms with Crippen LogP contribution >= 0.6 is 0 Å². The molecule has 1 rings (SSSR count). The highest BCUT2D eigenvalue weighted by atomic mass is 16.5. The molecule has 92 valence electrons. The van der Waals surface area contributed by atoms with Crippen molar-refractivity contribution in [1.82, 2.24) is 4.98 Å². The Hall–Kier alpha value is -1.97. The van der Waals surface area contributed by atoms with Crippen LogP contribution in [0, 0.1) is 5.92 Å². The third kappa shape index (κ3) is 3.83. The Morgan fingerprint density at radius 3 is 2.47 bits per heavy atom. The molecule has 1 aromatic rings. The van der Waals surface area contributed by atoms with Crippen LogP contribution in [0.1, 0.15) is 19.5 Å². The Kier molecular flexibility index (Phi) is 4.57. The van der Waals surface area contributed by atoms with Gasteiger partial charge in [0.1, 0.15) is 5.75 Å². The first kappa shape index (κ1) is 13.1. The van der Waals surface area contributed by atoms with Gasteiger partial charge in [0.05, 0.1) is 24.7 Å². The van der Waals surface area contributed by atoms with E-state index in [2.05, 4.69) is 4.98 Å². The maximum Gasteiger partial charge on any atom is 0.137 e. The van der Waals surface area contributed by atoms with E-state index in [1.807, 2.05) is 32.1 Å². The number of methoxy groups -OCH3 is 1. The normalized spacial score (nSPS) is 12.9. The van der Waals surface area contributed by atoms with Crippen molar-refractivity contribution in [3.8, 4) is 5.75 Å². The molecule has 0 spiro atoms. The number of rotatable bonds is 4. The van der Waals surface area contributed by atoms with Crippen molar-refractivity contribution in [1.29, 1.82) is 0 Å². The van der Waals surface area contributed by atoms with Gasteiger partial charge in [0.2, 0.25) is 0 Å². The predicted molar refractivity (Wildman–Crippen MR) is 70.1 cm³/mol. The Balaban J connectivity index is 2.84. The van der Waals surface area contributed by atoms with Gasteiger partial charge in [0.15, 0.2) is 0 Å². The van der Waals surface area contributed by atoms with Crippen molar-refractivity contribution in [3.05, 3.63) is 41.9 Å². The topological polar surface area (TPSA) is 74.2 Å². The van der Waals surface area contributed by atoms with Crippen LogP contribution in [0.5, 0.6) is 5.75 Å². The van der Waals surface area contributed by atoms with Gasteiger partial charge in [-0.05, 0) is 30.2 Å². The van der Waals surface area contributed by atoms with Crippen molar-refractivity contribution >= 4 is 5.70 Å². The van der Waals surface area contributed by atoms with Gasteiger partial charge in [-0.2, -0.15) is 0 Å². The third-order valence-electron chi connectivity index (χ3n) is 2.39. The molecule has 4 heteroatoms. The first-order chi connectivity index (χ1) is 8.04. The van der Waals surface area contributed by atoms with Crippen LogP contribution in [0.15, 0.2) is 36.2 Å². The van der Waals surface area contributed by atoms with Crippen molar-refractivity contribution in [2.24, 2.45) is 17.4 Å². The summed E-state index contributed by atoms with van der Waals surface area (Å²) >= 11 is 0. The molecule has 0 atom stereocenters. The molecule has 17 heavy (non-hydrogen) atoms.